The topological polar surface area (TPSA) is 9.23 Å². The van der Waals surface area contributed by atoms with E-state index in [4.69, 9.17) is 4.74 Å². The van der Waals surface area contributed by atoms with Crippen LogP contribution in [0, 0.1) is 6.10 Å². The van der Waals surface area contributed by atoms with Crippen molar-refractivity contribution < 1.29 is 4.74 Å². The van der Waals surface area contributed by atoms with E-state index in [-0.39, 0.29) is 0 Å². The molecule has 1 rings (SSSR count). The second-order valence-electron chi connectivity index (χ2n) is 2.69. The molecule has 0 amide bonds. The van der Waals surface area contributed by atoms with Gasteiger partial charge in [-0.15, -0.1) is 11.8 Å². The quantitative estimate of drug-likeness (QED) is 0.661. The second kappa shape index (κ2) is 4.41. The van der Waals surface area contributed by atoms with Crippen molar-refractivity contribution in [2.24, 2.45) is 0 Å². The van der Waals surface area contributed by atoms with Gasteiger partial charge in [0.25, 0.3) is 0 Å². The van der Waals surface area contributed by atoms with E-state index in [0.29, 0.717) is 0 Å². The Hall–Kier alpha value is -0.630. The van der Waals surface area contributed by atoms with Gasteiger partial charge in [-0.2, -0.15) is 0 Å². The third kappa shape index (κ3) is 2.78. The third-order valence-corrected chi connectivity index (χ3v) is 2.12. The third-order valence-electron chi connectivity index (χ3n) is 1.38. The van der Waals surface area contributed by atoms with Crippen LogP contribution in [0.15, 0.2) is 29.2 Å². The van der Waals surface area contributed by atoms with Crippen molar-refractivity contribution in [3.05, 3.63) is 30.4 Å². The summed E-state index contributed by atoms with van der Waals surface area (Å²) >= 11 is 1.73. The Balaban J connectivity index is 2.65. The van der Waals surface area contributed by atoms with Crippen LogP contribution in [0.5, 0.6) is 5.75 Å². The molecule has 0 saturated heterocycles. The highest BCUT2D eigenvalue weighted by molar-refractivity contribution is 7.98. The van der Waals surface area contributed by atoms with Gasteiger partial charge in [0.1, 0.15) is 11.9 Å². The van der Waals surface area contributed by atoms with Gasteiger partial charge in [0.05, 0.1) is 0 Å². The molecule has 0 fully saturated rings. The number of benzene rings is 1. The molecule has 0 saturated carbocycles. The molecule has 0 heterocycles. The summed E-state index contributed by atoms with van der Waals surface area (Å²) in [5.74, 6) is 0.910. The van der Waals surface area contributed by atoms with E-state index < -0.39 is 0 Å². The van der Waals surface area contributed by atoms with Crippen LogP contribution in [0.2, 0.25) is 0 Å². The first kappa shape index (κ1) is 9.46. The lowest BCUT2D eigenvalue weighted by atomic mass is 10.3. The van der Waals surface area contributed by atoms with Crippen molar-refractivity contribution in [1.29, 1.82) is 0 Å². The fraction of sp³-hybridized carbons (Fsp3) is 0.300. The Labute approximate surface area is 78.1 Å². The van der Waals surface area contributed by atoms with Gasteiger partial charge in [0.2, 0.25) is 0 Å². The Kier molecular flexibility index (Phi) is 3.48. The maximum atomic E-state index is 5.42. The highest BCUT2D eigenvalue weighted by atomic mass is 32.2. The van der Waals surface area contributed by atoms with Crippen LogP contribution >= 0.6 is 11.8 Å². The van der Waals surface area contributed by atoms with Crippen molar-refractivity contribution in [2.45, 2.75) is 18.7 Å². The zero-order valence-electron chi connectivity index (χ0n) is 7.63. The molecule has 0 aliphatic heterocycles. The lowest BCUT2D eigenvalue weighted by molar-refractivity contribution is 0.345. The zero-order chi connectivity index (χ0) is 8.97. The summed E-state index contributed by atoms with van der Waals surface area (Å²) in [6.07, 6.45) is 3.03. The van der Waals surface area contributed by atoms with Crippen LogP contribution in [0.1, 0.15) is 13.8 Å². The molecule has 1 aromatic carbocycles. The van der Waals surface area contributed by atoms with Crippen LogP contribution < -0.4 is 4.74 Å². The Morgan fingerprint density at radius 1 is 1.17 bits per heavy atom. The Bertz CT molecular complexity index is 228. The summed E-state index contributed by atoms with van der Waals surface area (Å²) in [6, 6.07) is 8.09. The molecule has 1 radical (unpaired) electrons. The van der Waals surface area contributed by atoms with Gasteiger partial charge in [-0.1, -0.05) is 0 Å². The van der Waals surface area contributed by atoms with E-state index in [1.807, 2.05) is 26.0 Å². The van der Waals surface area contributed by atoms with Gasteiger partial charge in [-0.25, -0.2) is 0 Å². The summed E-state index contributed by atoms with van der Waals surface area (Å²) in [5.41, 5.74) is 0. The molecular weight excluding hydrogens is 168 g/mol. The second-order valence-corrected chi connectivity index (χ2v) is 3.57. The molecule has 0 aliphatic rings. The van der Waals surface area contributed by atoms with Gasteiger partial charge in [-0.3, -0.25) is 0 Å². The van der Waals surface area contributed by atoms with Gasteiger partial charge >= 0.3 is 0 Å². The lowest BCUT2D eigenvalue weighted by Gasteiger charge is -2.07. The van der Waals surface area contributed by atoms with Crippen molar-refractivity contribution in [2.75, 3.05) is 6.26 Å². The highest BCUT2D eigenvalue weighted by Gasteiger charge is 1.97. The predicted octanol–water partition coefficient (Wildman–Crippen LogP) is 3.36. The normalized spacial score (nSPS) is 10.3. The maximum Gasteiger partial charge on any atom is 0.142 e. The average Bonchev–Trinajstić information content (AvgIpc) is 2.05. The molecule has 1 nitrogen and oxygen atoms in total. The van der Waals surface area contributed by atoms with Crippen LogP contribution in [-0.2, 0) is 0 Å². The van der Waals surface area contributed by atoms with E-state index in [1.54, 1.807) is 11.8 Å². The molecule has 0 spiro atoms. The van der Waals surface area contributed by atoms with E-state index in [2.05, 4.69) is 18.4 Å². The predicted molar refractivity (Wildman–Crippen MR) is 53.4 cm³/mol. The van der Waals surface area contributed by atoms with E-state index >= 15 is 0 Å². The molecule has 2 heteroatoms. The number of hydrogen-bond donors (Lipinski definition) is 0. The monoisotopic (exact) mass is 181 g/mol. The summed E-state index contributed by atoms with van der Waals surface area (Å²) in [4.78, 5) is 1.26. The highest BCUT2D eigenvalue weighted by Crippen LogP contribution is 2.20. The minimum absolute atomic E-state index is 0.910. The van der Waals surface area contributed by atoms with Gasteiger partial charge < -0.3 is 4.74 Å². The van der Waals surface area contributed by atoms with Crippen molar-refractivity contribution >= 4 is 11.8 Å². The van der Waals surface area contributed by atoms with Crippen LogP contribution in [0.25, 0.3) is 0 Å². The molecule has 12 heavy (non-hydrogen) atoms. The van der Waals surface area contributed by atoms with Gasteiger partial charge in [0, 0.05) is 4.90 Å². The molecule has 0 bridgehead atoms. The first-order chi connectivity index (χ1) is 5.72. The van der Waals surface area contributed by atoms with E-state index in [0.717, 1.165) is 11.9 Å². The fourth-order valence-electron chi connectivity index (χ4n) is 0.879. The zero-order valence-corrected chi connectivity index (χ0v) is 8.44. The average molecular weight is 181 g/mol. The smallest absolute Gasteiger partial charge is 0.142 e. The minimum Gasteiger partial charge on any atom is -0.484 e. The minimum atomic E-state index is 0.910. The lowest BCUT2D eigenvalue weighted by Crippen LogP contribution is -1.95. The van der Waals surface area contributed by atoms with Crippen molar-refractivity contribution in [3.8, 4) is 5.75 Å². The number of rotatable bonds is 3. The number of ether oxygens (including phenoxy) is 1. The Morgan fingerprint density at radius 2 is 1.75 bits per heavy atom. The molecular formula is C10H13OS. The van der Waals surface area contributed by atoms with Crippen LogP contribution in [0.4, 0.5) is 0 Å². The summed E-state index contributed by atoms with van der Waals surface area (Å²) in [5, 5.41) is 0. The first-order valence-electron chi connectivity index (χ1n) is 3.84. The SMILES string of the molecule is CSc1ccc(O[C](C)C)cc1. The summed E-state index contributed by atoms with van der Waals surface area (Å²) in [7, 11) is 0. The molecule has 0 unspecified atom stereocenters. The molecule has 0 aliphatic carbocycles. The van der Waals surface area contributed by atoms with Crippen molar-refractivity contribution in [1.82, 2.24) is 0 Å². The Morgan fingerprint density at radius 3 is 2.17 bits per heavy atom. The standard InChI is InChI=1S/C10H13OS/c1-8(2)11-9-4-6-10(12-3)7-5-9/h4-7H,1-3H3. The molecule has 0 N–H and O–H groups in total. The first-order valence-corrected chi connectivity index (χ1v) is 5.07. The van der Waals surface area contributed by atoms with Gasteiger partial charge in [0.15, 0.2) is 0 Å². The van der Waals surface area contributed by atoms with Crippen molar-refractivity contribution in [3.63, 3.8) is 0 Å². The largest absolute Gasteiger partial charge is 0.484 e. The molecule has 0 atom stereocenters. The van der Waals surface area contributed by atoms with Gasteiger partial charge in [-0.05, 0) is 44.4 Å². The number of hydrogen-bond acceptors (Lipinski definition) is 2. The molecule has 65 valence electrons. The summed E-state index contributed by atoms with van der Waals surface area (Å²) in [6.45, 7) is 3.89. The molecule has 1 aromatic rings. The van der Waals surface area contributed by atoms with Crippen LogP contribution in [-0.4, -0.2) is 6.26 Å². The fourth-order valence-corrected chi connectivity index (χ4v) is 1.29. The molecule has 0 aromatic heterocycles. The van der Waals surface area contributed by atoms with E-state index in [9.17, 15) is 0 Å². The summed E-state index contributed by atoms with van der Waals surface area (Å²) < 4.78 is 5.42. The van der Waals surface area contributed by atoms with E-state index in [1.165, 1.54) is 4.90 Å². The maximum absolute atomic E-state index is 5.42. The number of thioether (sulfide) groups is 1. The van der Waals surface area contributed by atoms with Crippen LogP contribution in [0.3, 0.4) is 0 Å².